The van der Waals surface area contributed by atoms with Gasteiger partial charge in [-0.15, -0.1) is 11.3 Å². The molecule has 2 rings (SSSR count). The van der Waals surface area contributed by atoms with Gasteiger partial charge in [-0.05, 0) is 64.9 Å². The lowest BCUT2D eigenvalue weighted by Crippen LogP contribution is -2.17. The average Bonchev–Trinajstić information content (AvgIpc) is 2.73. The molecule has 1 aromatic carbocycles. The van der Waals surface area contributed by atoms with Crippen LogP contribution in [-0.2, 0) is 0 Å². The quantitative estimate of drug-likeness (QED) is 0.712. The van der Waals surface area contributed by atoms with Crippen molar-refractivity contribution in [2.45, 2.75) is 19.9 Å². The van der Waals surface area contributed by atoms with E-state index in [1.165, 1.54) is 16.0 Å². The van der Waals surface area contributed by atoms with Gasteiger partial charge >= 0.3 is 0 Å². The zero-order valence-electron chi connectivity index (χ0n) is 11.7. The smallest absolute Gasteiger partial charge is 0.124 e. The van der Waals surface area contributed by atoms with E-state index in [9.17, 15) is 0 Å². The highest BCUT2D eigenvalue weighted by molar-refractivity contribution is 9.13. The molecule has 0 fully saturated rings. The molecule has 0 spiro atoms. The molecule has 1 aromatic heterocycles. The van der Waals surface area contributed by atoms with E-state index in [-0.39, 0.29) is 6.04 Å². The second-order valence-corrected chi connectivity index (χ2v) is 7.72. The van der Waals surface area contributed by atoms with Crippen LogP contribution < -0.4 is 10.1 Å². The molecule has 0 saturated carbocycles. The molecule has 0 saturated heterocycles. The summed E-state index contributed by atoms with van der Waals surface area (Å²) >= 11 is 8.84. The molecule has 0 aliphatic heterocycles. The summed E-state index contributed by atoms with van der Waals surface area (Å²) in [5.74, 6) is 0.943. The van der Waals surface area contributed by atoms with E-state index in [1.807, 2.05) is 14.0 Å². The first-order valence-corrected chi connectivity index (χ1v) is 8.82. The second-order valence-electron chi connectivity index (χ2n) is 4.47. The SMILES string of the molecule is CCOc1ccc(C)cc1C(NC)c1cc(Br)c(Br)s1. The van der Waals surface area contributed by atoms with Gasteiger partial charge in [0.15, 0.2) is 0 Å². The van der Waals surface area contributed by atoms with Gasteiger partial charge in [0.2, 0.25) is 0 Å². The highest BCUT2D eigenvalue weighted by atomic mass is 79.9. The summed E-state index contributed by atoms with van der Waals surface area (Å²) in [6.45, 7) is 4.78. The van der Waals surface area contributed by atoms with E-state index >= 15 is 0 Å². The fourth-order valence-corrected chi connectivity index (χ4v) is 4.36. The number of ether oxygens (including phenoxy) is 1. The topological polar surface area (TPSA) is 21.3 Å². The van der Waals surface area contributed by atoms with Crippen molar-refractivity contribution >= 4 is 43.2 Å². The van der Waals surface area contributed by atoms with Crippen molar-refractivity contribution in [3.05, 3.63) is 48.5 Å². The molecule has 0 bridgehead atoms. The summed E-state index contributed by atoms with van der Waals surface area (Å²) in [5.41, 5.74) is 2.41. The fraction of sp³-hybridized carbons (Fsp3) is 0.333. The molecule has 5 heteroatoms. The maximum atomic E-state index is 5.77. The standard InChI is InChI=1S/C15H17Br2NOS/c1-4-19-12-6-5-9(2)7-10(12)14(18-3)13-8-11(16)15(17)20-13/h5-8,14,18H,4H2,1-3H3. The van der Waals surface area contributed by atoms with Gasteiger partial charge in [-0.3, -0.25) is 0 Å². The molecule has 0 aliphatic carbocycles. The third-order valence-electron chi connectivity index (χ3n) is 3.01. The lowest BCUT2D eigenvalue weighted by Gasteiger charge is -2.19. The average molecular weight is 419 g/mol. The summed E-state index contributed by atoms with van der Waals surface area (Å²) in [4.78, 5) is 1.25. The third-order valence-corrected chi connectivity index (χ3v) is 6.33. The Kier molecular flexibility index (Phi) is 5.66. The second kappa shape index (κ2) is 7.07. The van der Waals surface area contributed by atoms with Crippen molar-refractivity contribution < 1.29 is 4.74 Å². The molecule has 0 amide bonds. The van der Waals surface area contributed by atoms with Gasteiger partial charge in [-0.25, -0.2) is 0 Å². The van der Waals surface area contributed by atoms with Gasteiger partial charge in [-0.2, -0.15) is 0 Å². The van der Waals surface area contributed by atoms with Crippen LogP contribution in [0.3, 0.4) is 0 Å². The molecular weight excluding hydrogens is 402 g/mol. The fourth-order valence-electron chi connectivity index (χ4n) is 2.14. The molecule has 1 N–H and O–H groups in total. The largest absolute Gasteiger partial charge is 0.494 e. The van der Waals surface area contributed by atoms with Gasteiger partial charge < -0.3 is 10.1 Å². The van der Waals surface area contributed by atoms with E-state index in [0.29, 0.717) is 6.61 Å². The monoisotopic (exact) mass is 417 g/mol. The van der Waals surface area contributed by atoms with Crippen molar-refractivity contribution in [2.24, 2.45) is 0 Å². The van der Waals surface area contributed by atoms with Crippen LogP contribution in [-0.4, -0.2) is 13.7 Å². The Morgan fingerprint density at radius 1 is 1.30 bits per heavy atom. The van der Waals surface area contributed by atoms with Gasteiger partial charge in [0.05, 0.1) is 16.4 Å². The number of rotatable bonds is 5. The summed E-state index contributed by atoms with van der Waals surface area (Å²) in [5, 5.41) is 3.39. The van der Waals surface area contributed by atoms with Gasteiger partial charge in [-0.1, -0.05) is 17.7 Å². The number of halogens is 2. The summed E-state index contributed by atoms with van der Waals surface area (Å²) in [6.07, 6.45) is 0. The molecule has 2 nitrogen and oxygen atoms in total. The molecule has 20 heavy (non-hydrogen) atoms. The molecule has 1 heterocycles. The van der Waals surface area contributed by atoms with Crippen molar-refractivity contribution in [3.63, 3.8) is 0 Å². The highest BCUT2D eigenvalue weighted by Crippen LogP contribution is 2.39. The van der Waals surface area contributed by atoms with Crippen molar-refractivity contribution in [2.75, 3.05) is 13.7 Å². The molecule has 1 atom stereocenters. The van der Waals surface area contributed by atoms with E-state index in [0.717, 1.165) is 14.0 Å². The van der Waals surface area contributed by atoms with Crippen LogP contribution in [0.4, 0.5) is 0 Å². The number of benzene rings is 1. The lowest BCUT2D eigenvalue weighted by atomic mass is 10.0. The molecule has 2 aromatic rings. The predicted molar refractivity (Wildman–Crippen MR) is 93.0 cm³/mol. The number of hydrogen-bond acceptors (Lipinski definition) is 3. The molecular formula is C15H17Br2NOS. The summed E-state index contributed by atoms with van der Waals surface area (Å²) in [6, 6.07) is 8.60. The van der Waals surface area contributed by atoms with Gasteiger partial charge in [0, 0.05) is 14.9 Å². The van der Waals surface area contributed by atoms with Crippen LogP contribution in [0, 0.1) is 6.92 Å². The predicted octanol–water partition coefficient (Wildman–Crippen LogP) is 5.29. The Bertz CT molecular complexity index is 578. The summed E-state index contributed by atoms with van der Waals surface area (Å²) in [7, 11) is 1.98. The molecule has 0 radical (unpaired) electrons. The Balaban J connectivity index is 2.47. The first kappa shape index (κ1) is 16.0. The number of thiophene rings is 1. The van der Waals surface area contributed by atoms with E-state index < -0.39 is 0 Å². The maximum Gasteiger partial charge on any atom is 0.124 e. The number of hydrogen-bond donors (Lipinski definition) is 1. The van der Waals surface area contributed by atoms with Crippen LogP contribution in [0.15, 0.2) is 32.5 Å². The molecule has 108 valence electrons. The maximum absolute atomic E-state index is 5.77. The minimum atomic E-state index is 0.129. The van der Waals surface area contributed by atoms with E-state index in [1.54, 1.807) is 11.3 Å². The Morgan fingerprint density at radius 3 is 2.60 bits per heavy atom. The minimum absolute atomic E-state index is 0.129. The van der Waals surface area contributed by atoms with Crippen LogP contribution in [0.1, 0.15) is 29.0 Å². The van der Waals surface area contributed by atoms with Crippen molar-refractivity contribution in [3.8, 4) is 5.75 Å². The molecule has 0 aliphatic rings. The normalized spacial score (nSPS) is 12.4. The summed E-state index contributed by atoms with van der Waals surface area (Å²) < 4.78 is 7.97. The molecule has 1 unspecified atom stereocenters. The van der Waals surface area contributed by atoms with Crippen LogP contribution in [0.2, 0.25) is 0 Å². The van der Waals surface area contributed by atoms with Crippen molar-refractivity contribution in [1.82, 2.24) is 5.32 Å². The Labute approximate surface area is 140 Å². The minimum Gasteiger partial charge on any atom is -0.494 e. The first-order chi connectivity index (χ1) is 9.56. The zero-order valence-corrected chi connectivity index (χ0v) is 15.7. The van der Waals surface area contributed by atoms with Crippen molar-refractivity contribution in [1.29, 1.82) is 0 Å². The first-order valence-electron chi connectivity index (χ1n) is 6.42. The lowest BCUT2D eigenvalue weighted by molar-refractivity contribution is 0.334. The van der Waals surface area contributed by atoms with Gasteiger partial charge in [0.1, 0.15) is 5.75 Å². The van der Waals surface area contributed by atoms with Gasteiger partial charge in [0.25, 0.3) is 0 Å². The van der Waals surface area contributed by atoms with Crippen LogP contribution in [0.25, 0.3) is 0 Å². The zero-order chi connectivity index (χ0) is 14.7. The number of aryl methyl sites for hydroxylation is 1. The number of nitrogens with one attached hydrogen (secondary N) is 1. The van der Waals surface area contributed by atoms with E-state index in [2.05, 4.69) is 68.4 Å². The highest BCUT2D eigenvalue weighted by Gasteiger charge is 2.20. The van der Waals surface area contributed by atoms with Crippen LogP contribution >= 0.6 is 43.2 Å². The van der Waals surface area contributed by atoms with Crippen LogP contribution in [0.5, 0.6) is 5.75 Å². The third kappa shape index (κ3) is 3.45. The van der Waals surface area contributed by atoms with E-state index in [4.69, 9.17) is 4.74 Å². The Hall–Kier alpha value is -0.360. The Morgan fingerprint density at radius 2 is 2.05 bits per heavy atom.